The maximum atomic E-state index is 10.3. The Hall–Kier alpha value is -0.750. The van der Waals surface area contributed by atoms with Crippen LogP contribution in [0.4, 0.5) is 5.13 Å². The summed E-state index contributed by atoms with van der Waals surface area (Å²) in [5, 5.41) is 21.9. The van der Waals surface area contributed by atoms with Gasteiger partial charge in [-0.15, -0.1) is 35.3 Å². The van der Waals surface area contributed by atoms with E-state index in [-0.39, 0.29) is 24.0 Å². The molecule has 20 heavy (non-hydrogen) atoms. The third kappa shape index (κ3) is 7.75. The van der Waals surface area contributed by atoms with Gasteiger partial charge in [0.25, 0.3) is 6.20 Å². The molecule has 0 radical (unpaired) electrons. The first-order valence-electron chi connectivity index (χ1n) is 5.62. The van der Waals surface area contributed by atoms with E-state index in [1.54, 1.807) is 30.1 Å². The van der Waals surface area contributed by atoms with Crippen molar-refractivity contribution in [3.05, 3.63) is 33.2 Å². The van der Waals surface area contributed by atoms with Crippen molar-refractivity contribution in [1.82, 2.24) is 15.6 Å². The molecule has 114 valence electrons. The number of nitrogens with zero attached hydrogens (tertiary/aromatic N) is 2. The van der Waals surface area contributed by atoms with Gasteiger partial charge in [-0.25, -0.2) is 4.98 Å². The number of thiazole rings is 1. The Balaban J connectivity index is 0.00000361. The number of nitrogens with one attached hydrogen (secondary N) is 3. The van der Waals surface area contributed by atoms with Gasteiger partial charge < -0.3 is 16.0 Å². The van der Waals surface area contributed by atoms with E-state index in [1.165, 1.54) is 0 Å². The minimum atomic E-state index is -0.486. The summed E-state index contributed by atoms with van der Waals surface area (Å²) < 4.78 is 0. The van der Waals surface area contributed by atoms with Crippen LogP contribution in [0, 0.1) is 10.1 Å². The fourth-order valence-electron chi connectivity index (χ4n) is 1.23. The van der Waals surface area contributed by atoms with Crippen molar-refractivity contribution in [1.29, 1.82) is 0 Å². The van der Waals surface area contributed by atoms with E-state index in [9.17, 15) is 10.1 Å². The van der Waals surface area contributed by atoms with Gasteiger partial charge in [0.2, 0.25) is 0 Å². The molecule has 0 aliphatic rings. The number of rotatable bonds is 9. The van der Waals surface area contributed by atoms with Gasteiger partial charge in [0.1, 0.15) is 0 Å². The van der Waals surface area contributed by atoms with Crippen molar-refractivity contribution in [3.8, 4) is 0 Å². The zero-order valence-electron chi connectivity index (χ0n) is 11.2. The second kappa shape index (κ2) is 11.0. The van der Waals surface area contributed by atoms with Gasteiger partial charge in [-0.05, 0) is 0 Å². The summed E-state index contributed by atoms with van der Waals surface area (Å²) in [6.07, 6.45) is 0.921. The summed E-state index contributed by atoms with van der Waals surface area (Å²) in [6, 6.07) is 0. The number of nitro groups is 1. The van der Waals surface area contributed by atoms with Crippen LogP contribution < -0.4 is 16.0 Å². The first-order chi connectivity index (χ1) is 9.15. The molecule has 1 heterocycles. The molecule has 0 saturated heterocycles. The van der Waals surface area contributed by atoms with Crippen LogP contribution >= 0.6 is 47.1 Å². The lowest BCUT2D eigenvalue weighted by Crippen LogP contribution is -2.26. The second-order valence-electron chi connectivity index (χ2n) is 3.45. The first kappa shape index (κ1) is 19.2. The van der Waals surface area contributed by atoms with Gasteiger partial charge in [0.05, 0.1) is 10.6 Å². The Labute approximate surface area is 143 Å². The van der Waals surface area contributed by atoms with Gasteiger partial charge in [0.15, 0.2) is 11.0 Å². The molecular weight excluding hydrogens is 413 g/mol. The molecular formula is C10H18IN5O2S2. The second-order valence-corrected chi connectivity index (χ2v) is 5.41. The van der Waals surface area contributed by atoms with Crippen LogP contribution in [-0.4, -0.2) is 36.3 Å². The van der Waals surface area contributed by atoms with Gasteiger partial charge in [-0.3, -0.25) is 10.1 Å². The number of halogens is 1. The van der Waals surface area contributed by atoms with Crippen LogP contribution in [0.25, 0.3) is 0 Å². The van der Waals surface area contributed by atoms with Crippen molar-refractivity contribution in [2.75, 3.05) is 31.7 Å². The van der Waals surface area contributed by atoms with Gasteiger partial charge >= 0.3 is 0 Å². The van der Waals surface area contributed by atoms with Crippen LogP contribution in [0.2, 0.25) is 0 Å². The van der Waals surface area contributed by atoms with Crippen LogP contribution in [0.15, 0.2) is 17.4 Å². The van der Waals surface area contributed by atoms with Crippen molar-refractivity contribution in [2.24, 2.45) is 0 Å². The maximum absolute atomic E-state index is 10.3. The highest BCUT2D eigenvalue weighted by molar-refractivity contribution is 14.0. The zero-order valence-corrected chi connectivity index (χ0v) is 15.2. The maximum Gasteiger partial charge on any atom is 0.274 e. The highest BCUT2D eigenvalue weighted by atomic mass is 127. The van der Waals surface area contributed by atoms with Crippen molar-refractivity contribution in [3.63, 3.8) is 0 Å². The molecule has 0 fully saturated rings. The van der Waals surface area contributed by atoms with E-state index in [1.807, 2.05) is 12.4 Å². The van der Waals surface area contributed by atoms with E-state index >= 15 is 0 Å². The summed E-state index contributed by atoms with van der Waals surface area (Å²) in [7, 11) is 3.49. The van der Waals surface area contributed by atoms with Crippen LogP contribution in [-0.2, 0) is 5.75 Å². The van der Waals surface area contributed by atoms with Gasteiger partial charge in [-0.1, -0.05) is 0 Å². The van der Waals surface area contributed by atoms with Crippen molar-refractivity contribution in [2.45, 2.75) is 5.75 Å². The lowest BCUT2D eigenvalue weighted by atomic mass is 10.6. The normalized spacial score (nSPS) is 10.6. The molecule has 0 unspecified atom stereocenters. The fraction of sp³-hybridized carbons (Fsp3) is 0.500. The largest absolute Gasteiger partial charge is 0.370 e. The molecule has 0 bridgehead atoms. The monoisotopic (exact) mass is 431 g/mol. The number of aromatic nitrogens is 1. The number of anilines is 1. The molecule has 0 aromatic carbocycles. The molecule has 0 aliphatic heterocycles. The first-order valence-corrected chi connectivity index (χ1v) is 7.66. The summed E-state index contributed by atoms with van der Waals surface area (Å²) in [4.78, 5) is 14.2. The highest BCUT2D eigenvalue weighted by Crippen LogP contribution is 2.18. The predicted octanol–water partition coefficient (Wildman–Crippen LogP) is 1.92. The quantitative estimate of drug-likeness (QED) is 0.238. The Morgan fingerprint density at radius 1 is 1.60 bits per heavy atom. The highest BCUT2D eigenvalue weighted by Gasteiger charge is 2.01. The van der Waals surface area contributed by atoms with E-state index in [4.69, 9.17) is 0 Å². The topological polar surface area (TPSA) is 92.1 Å². The Morgan fingerprint density at radius 3 is 2.90 bits per heavy atom. The van der Waals surface area contributed by atoms with E-state index < -0.39 is 4.92 Å². The minimum Gasteiger partial charge on any atom is -0.370 e. The van der Waals surface area contributed by atoms with Gasteiger partial charge in [-0.2, -0.15) is 11.8 Å². The SMILES string of the molecule is CN/C(=C\[N+](=O)[O-])NCCSCc1csc(NC)n1.I. The summed E-state index contributed by atoms with van der Waals surface area (Å²) >= 11 is 3.31. The summed E-state index contributed by atoms with van der Waals surface area (Å²) in [5.74, 6) is 2.10. The minimum absolute atomic E-state index is 0. The molecule has 1 rings (SSSR count). The molecule has 10 heteroatoms. The number of thioether (sulfide) groups is 1. The molecule has 0 spiro atoms. The lowest BCUT2D eigenvalue weighted by Gasteiger charge is -2.06. The van der Waals surface area contributed by atoms with E-state index in [0.717, 1.165) is 28.5 Å². The molecule has 1 aromatic rings. The Bertz CT molecular complexity index is 441. The third-order valence-corrected chi connectivity index (χ3v) is 3.98. The molecule has 0 atom stereocenters. The Kier molecular flexibility index (Phi) is 10.6. The zero-order chi connectivity index (χ0) is 14.1. The number of hydrogen-bond donors (Lipinski definition) is 3. The van der Waals surface area contributed by atoms with Crippen molar-refractivity contribution >= 4 is 52.2 Å². The molecule has 0 aliphatic carbocycles. The van der Waals surface area contributed by atoms with Crippen LogP contribution in [0.5, 0.6) is 0 Å². The molecule has 3 N–H and O–H groups in total. The smallest absolute Gasteiger partial charge is 0.274 e. The van der Waals surface area contributed by atoms with Crippen LogP contribution in [0.3, 0.4) is 0 Å². The lowest BCUT2D eigenvalue weighted by molar-refractivity contribution is -0.404. The summed E-state index contributed by atoms with van der Waals surface area (Å²) in [5.41, 5.74) is 1.05. The third-order valence-electron chi connectivity index (χ3n) is 2.08. The van der Waals surface area contributed by atoms with Crippen molar-refractivity contribution < 1.29 is 4.92 Å². The van der Waals surface area contributed by atoms with E-state index in [0.29, 0.717) is 12.4 Å². The Morgan fingerprint density at radius 2 is 2.35 bits per heavy atom. The van der Waals surface area contributed by atoms with Gasteiger partial charge in [0, 0.05) is 37.5 Å². The molecule has 0 saturated carbocycles. The van der Waals surface area contributed by atoms with E-state index in [2.05, 4.69) is 20.9 Å². The average Bonchev–Trinajstić information content (AvgIpc) is 2.84. The average molecular weight is 431 g/mol. The molecule has 1 aromatic heterocycles. The fourth-order valence-corrected chi connectivity index (χ4v) is 2.75. The summed E-state index contributed by atoms with van der Waals surface area (Å²) in [6.45, 7) is 0.661. The molecule has 7 nitrogen and oxygen atoms in total. The number of hydrogen-bond acceptors (Lipinski definition) is 8. The standard InChI is InChI=1S/C10H17N5O2S2.HI/c1-11-9(5-15(16)17)13-3-4-18-6-8-7-19-10(12-2)14-8;/h5,7,11,13H,3-4,6H2,1-2H3,(H,12,14);1H/b9-5+;. The van der Waals surface area contributed by atoms with Crippen LogP contribution in [0.1, 0.15) is 5.69 Å². The molecule has 0 amide bonds. The predicted molar refractivity (Wildman–Crippen MR) is 95.4 cm³/mol.